The quantitative estimate of drug-likeness (QED) is 0.501. The SMILES string of the molecule is c1cncc(-c2cccc(-c3cccc(-c4cccnc4)c3)c2)c1. The van der Waals surface area contributed by atoms with Gasteiger partial charge in [0.15, 0.2) is 0 Å². The number of benzene rings is 2. The predicted molar refractivity (Wildman–Crippen MR) is 98.3 cm³/mol. The lowest BCUT2D eigenvalue weighted by Crippen LogP contribution is -1.84. The van der Waals surface area contributed by atoms with E-state index in [1.54, 1.807) is 12.4 Å². The number of hydrogen-bond acceptors (Lipinski definition) is 2. The highest BCUT2D eigenvalue weighted by molar-refractivity contribution is 5.76. The molecule has 0 fully saturated rings. The van der Waals surface area contributed by atoms with E-state index in [4.69, 9.17) is 0 Å². The van der Waals surface area contributed by atoms with Gasteiger partial charge in [0.2, 0.25) is 0 Å². The van der Waals surface area contributed by atoms with Gasteiger partial charge in [0.05, 0.1) is 0 Å². The van der Waals surface area contributed by atoms with Gasteiger partial charge in [-0.15, -0.1) is 0 Å². The molecule has 0 saturated carbocycles. The summed E-state index contributed by atoms with van der Waals surface area (Å²) in [6.07, 6.45) is 7.38. The summed E-state index contributed by atoms with van der Waals surface area (Å²) in [5, 5.41) is 0. The van der Waals surface area contributed by atoms with Crippen LogP contribution in [0.4, 0.5) is 0 Å². The molecule has 0 bridgehead atoms. The minimum absolute atomic E-state index is 1.13. The molecule has 2 heteroatoms. The van der Waals surface area contributed by atoms with Gasteiger partial charge in [-0.25, -0.2) is 0 Å². The van der Waals surface area contributed by atoms with Crippen molar-refractivity contribution in [2.45, 2.75) is 0 Å². The average molecular weight is 308 g/mol. The topological polar surface area (TPSA) is 25.8 Å². The van der Waals surface area contributed by atoms with Gasteiger partial charge >= 0.3 is 0 Å². The van der Waals surface area contributed by atoms with Crippen LogP contribution in [-0.2, 0) is 0 Å². The zero-order chi connectivity index (χ0) is 16.2. The molecule has 2 heterocycles. The monoisotopic (exact) mass is 308 g/mol. The van der Waals surface area contributed by atoms with Crippen molar-refractivity contribution in [3.05, 3.63) is 97.6 Å². The fourth-order valence-corrected chi connectivity index (χ4v) is 2.82. The second-order valence-corrected chi connectivity index (χ2v) is 5.65. The Kier molecular flexibility index (Phi) is 3.86. The van der Waals surface area contributed by atoms with E-state index in [-0.39, 0.29) is 0 Å². The van der Waals surface area contributed by atoms with Crippen LogP contribution in [0.5, 0.6) is 0 Å². The lowest BCUT2D eigenvalue weighted by Gasteiger charge is -2.08. The van der Waals surface area contributed by atoms with Crippen LogP contribution in [0.25, 0.3) is 33.4 Å². The second-order valence-electron chi connectivity index (χ2n) is 5.65. The molecule has 0 spiro atoms. The normalized spacial score (nSPS) is 10.5. The number of aromatic nitrogens is 2. The van der Waals surface area contributed by atoms with E-state index < -0.39 is 0 Å². The van der Waals surface area contributed by atoms with Gasteiger partial charge in [-0.3, -0.25) is 9.97 Å². The molecule has 0 amide bonds. The van der Waals surface area contributed by atoms with Crippen molar-refractivity contribution in [1.29, 1.82) is 0 Å². The van der Waals surface area contributed by atoms with Crippen molar-refractivity contribution in [3.63, 3.8) is 0 Å². The fraction of sp³-hybridized carbons (Fsp3) is 0. The van der Waals surface area contributed by atoms with Gasteiger partial charge in [-0.1, -0.05) is 48.5 Å². The zero-order valence-electron chi connectivity index (χ0n) is 13.1. The Morgan fingerprint density at radius 1 is 0.417 bits per heavy atom. The molecule has 0 aliphatic rings. The molecule has 4 rings (SSSR count). The van der Waals surface area contributed by atoms with Crippen LogP contribution < -0.4 is 0 Å². The maximum Gasteiger partial charge on any atom is 0.0346 e. The summed E-state index contributed by atoms with van der Waals surface area (Å²) in [7, 11) is 0. The molecular weight excluding hydrogens is 292 g/mol. The molecule has 0 unspecified atom stereocenters. The standard InChI is InChI=1S/C22H16N2/c1-5-17(13-19(7-1)21-9-3-11-23-15-21)18-6-2-8-20(14-18)22-10-4-12-24-16-22/h1-16H. The van der Waals surface area contributed by atoms with E-state index in [2.05, 4.69) is 70.6 Å². The molecule has 0 aliphatic heterocycles. The summed E-state index contributed by atoms with van der Waals surface area (Å²) >= 11 is 0. The van der Waals surface area contributed by atoms with Crippen molar-refractivity contribution < 1.29 is 0 Å². The fourth-order valence-electron chi connectivity index (χ4n) is 2.82. The first-order valence-corrected chi connectivity index (χ1v) is 7.91. The Bertz CT molecular complexity index is 867. The van der Waals surface area contributed by atoms with Crippen molar-refractivity contribution in [2.24, 2.45) is 0 Å². The van der Waals surface area contributed by atoms with Crippen molar-refractivity contribution in [2.75, 3.05) is 0 Å². The summed E-state index contributed by atoms with van der Waals surface area (Å²) in [5.41, 5.74) is 6.99. The highest BCUT2D eigenvalue weighted by Gasteiger charge is 2.04. The smallest absolute Gasteiger partial charge is 0.0346 e. The van der Waals surface area contributed by atoms with Crippen LogP contribution in [0.3, 0.4) is 0 Å². The molecule has 2 aromatic heterocycles. The number of hydrogen-bond donors (Lipinski definition) is 0. The Balaban J connectivity index is 1.75. The van der Waals surface area contributed by atoms with Gasteiger partial charge in [0.1, 0.15) is 0 Å². The largest absolute Gasteiger partial charge is 0.264 e. The first kappa shape index (κ1) is 14.3. The molecular formula is C22H16N2. The van der Waals surface area contributed by atoms with Crippen molar-refractivity contribution in [3.8, 4) is 33.4 Å². The van der Waals surface area contributed by atoms with Gasteiger partial charge in [-0.2, -0.15) is 0 Å². The molecule has 0 saturated heterocycles. The first-order valence-electron chi connectivity index (χ1n) is 7.91. The molecule has 2 nitrogen and oxygen atoms in total. The summed E-state index contributed by atoms with van der Waals surface area (Å²) in [6.45, 7) is 0. The van der Waals surface area contributed by atoms with Crippen LogP contribution in [0, 0.1) is 0 Å². The highest BCUT2D eigenvalue weighted by Crippen LogP contribution is 2.29. The molecule has 0 N–H and O–H groups in total. The van der Waals surface area contributed by atoms with E-state index in [1.807, 2.05) is 24.5 Å². The van der Waals surface area contributed by atoms with Crippen LogP contribution in [0.15, 0.2) is 97.6 Å². The Hall–Kier alpha value is -3.26. The first-order chi connectivity index (χ1) is 11.9. The molecule has 0 aliphatic carbocycles. The molecule has 4 aromatic rings. The Labute approximate surface area is 141 Å². The summed E-state index contributed by atoms with van der Waals surface area (Å²) in [5.74, 6) is 0. The Morgan fingerprint density at radius 3 is 1.17 bits per heavy atom. The zero-order valence-corrected chi connectivity index (χ0v) is 13.1. The highest BCUT2D eigenvalue weighted by atomic mass is 14.6. The van der Waals surface area contributed by atoms with E-state index in [0.717, 1.165) is 11.1 Å². The van der Waals surface area contributed by atoms with Crippen LogP contribution in [0.1, 0.15) is 0 Å². The second kappa shape index (κ2) is 6.47. The molecule has 24 heavy (non-hydrogen) atoms. The van der Waals surface area contributed by atoms with Gasteiger partial charge < -0.3 is 0 Å². The van der Waals surface area contributed by atoms with E-state index in [1.165, 1.54) is 22.3 Å². The lowest BCUT2D eigenvalue weighted by atomic mass is 9.97. The van der Waals surface area contributed by atoms with Crippen LogP contribution >= 0.6 is 0 Å². The lowest BCUT2D eigenvalue weighted by molar-refractivity contribution is 1.33. The summed E-state index contributed by atoms with van der Waals surface area (Å²) in [6, 6.07) is 25.2. The Morgan fingerprint density at radius 2 is 0.792 bits per heavy atom. The minimum atomic E-state index is 1.13. The molecule has 114 valence electrons. The van der Waals surface area contributed by atoms with E-state index in [0.29, 0.717) is 0 Å². The number of rotatable bonds is 3. The van der Waals surface area contributed by atoms with Gasteiger partial charge in [0.25, 0.3) is 0 Å². The third-order valence-corrected chi connectivity index (χ3v) is 4.05. The van der Waals surface area contributed by atoms with Crippen molar-refractivity contribution in [1.82, 2.24) is 9.97 Å². The number of pyridine rings is 2. The molecule has 0 atom stereocenters. The molecule has 0 radical (unpaired) electrons. The maximum atomic E-state index is 4.21. The van der Waals surface area contributed by atoms with Crippen LogP contribution in [0.2, 0.25) is 0 Å². The van der Waals surface area contributed by atoms with Crippen LogP contribution in [-0.4, -0.2) is 9.97 Å². The summed E-state index contributed by atoms with van der Waals surface area (Å²) in [4.78, 5) is 8.42. The third-order valence-electron chi connectivity index (χ3n) is 4.05. The van der Waals surface area contributed by atoms with Crippen molar-refractivity contribution >= 4 is 0 Å². The van der Waals surface area contributed by atoms with E-state index in [9.17, 15) is 0 Å². The third kappa shape index (κ3) is 2.95. The average Bonchev–Trinajstić information content (AvgIpc) is 2.70. The maximum absolute atomic E-state index is 4.21. The van der Waals surface area contributed by atoms with Gasteiger partial charge in [0, 0.05) is 35.9 Å². The number of nitrogens with zero attached hydrogens (tertiary/aromatic N) is 2. The predicted octanol–water partition coefficient (Wildman–Crippen LogP) is 5.48. The van der Waals surface area contributed by atoms with Gasteiger partial charge in [-0.05, 0) is 46.5 Å². The minimum Gasteiger partial charge on any atom is -0.264 e. The summed E-state index contributed by atoms with van der Waals surface area (Å²) < 4.78 is 0. The molecule has 2 aromatic carbocycles. The van der Waals surface area contributed by atoms with E-state index >= 15 is 0 Å².